The van der Waals surface area contributed by atoms with Crippen molar-refractivity contribution in [2.75, 3.05) is 30.6 Å². The van der Waals surface area contributed by atoms with Crippen LogP contribution < -0.4 is 15.1 Å². The maximum atomic E-state index is 14.0. The number of ether oxygens (including phenoxy) is 2. The molecule has 2 aromatic rings. The van der Waals surface area contributed by atoms with Crippen LogP contribution in [0.3, 0.4) is 0 Å². The first-order chi connectivity index (χ1) is 12.2. The number of hydrogen-bond donors (Lipinski definition) is 1. The molecular weight excluding hydrogens is 325 g/mol. The third-order valence-corrected chi connectivity index (χ3v) is 4.15. The average Bonchev–Trinajstić information content (AvgIpc) is 2.63. The van der Waals surface area contributed by atoms with Crippen LogP contribution in [0.4, 0.5) is 16.2 Å². The van der Waals surface area contributed by atoms with Crippen LogP contribution in [0.25, 0.3) is 0 Å². The van der Waals surface area contributed by atoms with Crippen LogP contribution in [-0.2, 0) is 4.74 Å². The van der Waals surface area contributed by atoms with E-state index in [0.29, 0.717) is 29.1 Å². The molecule has 0 bridgehead atoms. The summed E-state index contributed by atoms with van der Waals surface area (Å²) in [5.41, 5.74) is 0.296. The molecule has 0 aliphatic carbocycles. The van der Waals surface area contributed by atoms with Crippen molar-refractivity contribution in [1.82, 2.24) is 9.97 Å². The van der Waals surface area contributed by atoms with Crippen molar-refractivity contribution < 1.29 is 13.9 Å². The molecule has 8 heteroatoms. The Hall–Kier alpha value is -2.74. The summed E-state index contributed by atoms with van der Waals surface area (Å²) in [6.45, 7) is 1.48. The minimum absolute atomic E-state index is 0.182. The van der Waals surface area contributed by atoms with Crippen LogP contribution >= 0.6 is 0 Å². The Morgan fingerprint density at radius 2 is 2.04 bits per heavy atom. The van der Waals surface area contributed by atoms with Crippen LogP contribution in [-0.4, -0.2) is 42.2 Å². The van der Waals surface area contributed by atoms with Gasteiger partial charge in [-0.3, -0.25) is 0 Å². The minimum Gasteiger partial charge on any atom is -0.431 e. The van der Waals surface area contributed by atoms with Gasteiger partial charge in [-0.2, -0.15) is 4.98 Å². The summed E-state index contributed by atoms with van der Waals surface area (Å²) in [5, 5.41) is 9.17. The second-order valence-corrected chi connectivity index (χ2v) is 5.92. The lowest BCUT2D eigenvalue weighted by Gasteiger charge is -2.26. The molecule has 3 heterocycles. The molecular formula is C17H18FN5O2. The molecule has 130 valence electrons. The van der Waals surface area contributed by atoms with Gasteiger partial charge >= 0.3 is 0 Å². The molecule has 0 radical (unpaired) electrons. The highest BCUT2D eigenvalue weighted by molar-refractivity contribution is 5.98. The van der Waals surface area contributed by atoms with Crippen LogP contribution in [0.15, 0.2) is 35.6 Å². The van der Waals surface area contributed by atoms with E-state index >= 15 is 0 Å². The summed E-state index contributed by atoms with van der Waals surface area (Å²) in [7, 11) is 1.74. The molecule has 0 atom stereocenters. The molecule has 7 nitrogen and oxygen atoms in total. The maximum Gasteiger partial charge on any atom is 0.247 e. The largest absolute Gasteiger partial charge is 0.431 e. The molecule has 0 amide bonds. The molecule has 25 heavy (non-hydrogen) atoms. The predicted molar refractivity (Wildman–Crippen MR) is 91.5 cm³/mol. The number of hydrogen-bond acceptors (Lipinski definition) is 7. The zero-order chi connectivity index (χ0) is 17.2. The van der Waals surface area contributed by atoms with Gasteiger partial charge in [0.1, 0.15) is 5.82 Å². The Morgan fingerprint density at radius 3 is 2.84 bits per heavy atom. The molecule has 1 N–H and O–H groups in total. The van der Waals surface area contributed by atoms with E-state index in [1.807, 2.05) is 0 Å². The summed E-state index contributed by atoms with van der Waals surface area (Å²) in [4.78, 5) is 8.78. The summed E-state index contributed by atoms with van der Waals surface area (Å²) >= 11 is 0. The molecule has 1 fully saturated rings. The molecule has 2 aliphatic rings. The summed E-state index contributed by atoms with van der Waals surface area (Å²) in [6, 6.07) is 6.64. The number of anilines is 2. The Balaban J connectivity index is 1.57. The molecule has 1 aromatic heterocycles. The Bertz CT molecular complexity index is 807. The number of fused-ring (bicyclic) bond motifs is 1. The van der Waals surface area contributed by atoms with Gasteiger partial charge in [-0.15, -0.1) is 5.10 Å². The molecule has 0 unspecified atom stereocenters. The van der Waals surface area contributed by atoms with Crippen molar-refractivity contribution in [3.63, 3.8) is 0 Å². The molecule has 1 aromatic carbocycles. The van der Waals surface area contributed by atoms with E-state index in [4.69, 9.17) is 9.47 Å². The summed E-state index contributed by atoms with van der Waals surface area (Å²) < 4.78 is 25.0. The van der Waals surface area contributed by atoms with E-state index in [1.165, 1.54) is 6.07 Å². The third-order valence-electron chi connectivity index (χ3n) is 4.15. The third kappa shape index (κ3) is 3.25. The van der Waals surface area contributed by atoms with Crippen LogP contribution in [0, 0.1) is 5.82 Å². The number of nitrogens with zero attached hydrogens (tertiary/aromatic N) is 4. The van der Waals surface area contributed by atoms with E-state index in [1.54, 1.807) is 36.5 Å². The average molecular weight is 343 g/mol. The van der Waals surface area contributed by atoms with Crippen LogP contribution in [0.2, 0.25) is 0 Å². The first-order valence-corrected chi connectivity index (χ1v) is 8.17. The number of rotatable bonds is 3. The molecule has 2 aliphatic heterocycles. The van der Waals surface area contributed by atoms with Gasteiger partial charge in [0.2, 0.25) is 11.8 Å². The highest BCUT2D eigenvalue weighted by Crippen LogP contribution is 2.31. The summed E-state index contributed by atoms with van der Waals surface area (Å²) in [5.74, 6) is 1.28. The van der Waals surface area contributed by atoms with Crippen molar-refractivity contribution in [3.8, 4) is 5.75 Å². The highest BCUT2D eigenvalue weighted by Gasteiger charge is 2.24. The van der Waals surface area contributed by atoms with E-state index < -0.39 is 5.82 Å². The molecule has 4 rings (SSSR count). The van der Waals surface area contributed by atoms with Crippen LogP contribution in [0.1, 0.15) is 18.4 Å². The van der Waals surface area contributed by atoms with Gasteiger partial charge in [0.05, 0.1) is 11.8 Å². The van der Waals surface area contributed by atoms with Gasteiger partial charge < -0.3 is 14.8 Å². The van der Waals surface area contributed by atoms with E-state index in [-0.39, 0.29) is 5.90 Å². The second-order valence-electron chi connectivity index (χ2n) is 5.92. The SMILES string of the molecule is CN1N=C(c2ccccc2F)Oc2cnc(NC3CCOCC3)nc21. The van der Waals surface area contributed by atoms with Gasteiger partial charge in [-0.25, -0.2) is 14.4 Å². The molecule has 0 saturated carbocycles. The maximum absolute atomic E-state index is 14.0. The Labute approximate surface area is 144 Å². The molecule has 1 saturated heterocycles. The zero-order valence-corrected chi connectivity index (χ0v) is 13.8. The minimum atomic E-state index is -0.392. The lowest BCUT2D eigenvalue weighted by Crippen LogP contribution is -2.30. The number of benzene rings is 1. The van der Waals surface area contributed by atoms with Gasteiger partial charge in [0.15, 0.2) is 11.6 Å². The fourth-order valence-corrected chi connectivity index (χ4v) is 2.81. The van der Waals surface area contributed by atoms with Gasteiger partial charge in [-0.05, 0) is 25.0 Å². The lowest BCUT2D eigenvalue weighted by atomic mass is 10.1. The monoisotopic (exact) mass is 343 g/mol. The number of aromatic nitrogens is 2. The van der Waals surface area contributed by atoms with Gasteiger partial charge in [-0.1, -0.05) is 12.1 Å². The van der Waals surface area contributed by atoms with Crippen molar-refractivity contribution >= 4 is 17.7 Å². The normalized spacial score (nSPS) is 17.5. The second kappa shape index (κ2) is 6.64. The van der Waals surface area contributed by atoms with Gasteiger partial charge in [0.25, 0.3) is 0 Å². The number of halogens is 1. The van der Waals surface area contributed by atoms with Gasteiger partial charge in [0, 0.05) is 26.3 Å². The quantitative estimate of drug-likeness (QED) is 0.923. The zero-order valence-electron chi connectivity index (χ0n) is 13.8. The number of hydrazone groups is 1. The first kappa shape index (κ1) is 15.8. The first-order valence-electron chi connectivity index (χ1n) is 8.17. The van der Waals surface area contributed by atoms with E-state index in [9.17, 15) is 4.39 Å². The lowest BCUT2D eigenvalue weighted by molar-refractivity contribution is 0.0903. The van der Waals surface area contributed by atoms with Crippen molar-refractivity contribution in [1.29, 1.82) is 0 Å². The Morgan fingerprint density at radius 1 is 1.24 bits per heavy atom. The van der Waals surface area contributed by atoms with Crippen molar-refractivity contribution in [2.24, 2.45) is 5.10 Å². The number of nitrogens with one attached hydrogen (secondary N) is 1. The van der Waals surface area contributed by atoms with E-state index in [2.05, 4.69) is 20.4 Å². The fourth-order valence-electron chi connectivity index (χ4n) is 2.81. The standard InChI is InChI=1S/C17H18FN5O2/c1-23-15-14(25-16(22-23)12-4-2-3-5-13(12)18)10-19-17(21-15)20-11-6-8-24-9-7-11/h2-5,10-11H,6-9H2,1H3,(H,19,20,21). The summed E-state index contributed by atoms with van der Waals surface area (Å²) in [6.07, 6.45) is 3.42. The van der Waals surface area contributed by atoms with E-state index in [0.717, 1.165) is 26.1 Å². The predicted octanol–water partition coefficient (Wildman–Crippen LogP) is 2.40. The topological polar surface area (TPSA) is 71.9 Å². The van der Waals surface area contributed by atoms with Crippen molar-refractivity contribution in [3.05, 3.63) is 41.8 Å². The highest BCUT2D eigenvalue weighted by atomic mass is 19.1. The van der Waals surface area contributed by atoms with Crippen molar-refractivity contribution in [2.45, 2.75) is 18.9 Å². The van der Waals surface area contributed by atoms with Crippen LogP contribution in [0.5, 0.6) is 5.75 Å². The Kier molecular flexibility index (Phi) is 4.19. The molecule has 0 spiro atoms. The fraction of sp³-hybridized carbons (Fsp3) is 0.353. The smallest absolute Gasteiger partial charge is 0.247 e.